The predicted molar refractivity (Wildman–Crippen MR) is 168 cm³/mol. The topological polar surface area (TPSA) is 93.4 Å². The van der Waals surface area contributed by atoms with E-state index < -0.39 is 0 Å². The van der Waals surface area contributed by atoms with Gasteiger partial charge in [-0.1, -0.05) is 60.7 Å². The van der Waals surface area contributed by atoms with E-state index in [1.54, 1.807) is 12.5 Å². The van der Waals surface area contributed by atoms with Crippen LogP contribution in [0.15, 0.2) is 104 Å². The number of urea groups is 1. The zero-order valence-electron chi connectivity index (χ0n) is 22.1. The van der Waals surface area contributed by atoms with Crippen LogP contribution in [0.2, 0.25) is 0 Å². The van der Waals surface area contributed by atoms with E-state index in [9.17, 15) is 9.59 Å². The Hall–Kier alpha value is -4.53. The van der Waals surface area contributed by atoms with Gasteiger partial charge in [-0.05, 0) is 46.7 Å². The quantitative estimate of drug-likeness (QED) is 0.212. The molecule has 1 aliphatic heterocycles. The largest absolute Gasteiger partial charge is 0.364 e. The van der Waals surface area contributed by atoms with Crippen molar-refractivity contribution in [2.24, 2.45) is 0 Å². The van der Waals surface area contributed by atoms with E-state index in [1.807, 2.05) is 95.9 Å². The van der Waals surface area contributed by atoms with Gasteiger partial charge < -0.3 is 25.4 Å². The number of carbonyl (C=O) groups is 2. The van der Waals surface area contributed by atoms with Crippen molar-refractivity contribution in [1.29, 1.82) is 0 Å². The third-order valence-corrected chi connectivity index (χ3v) is 6.94. The minimum atomic E-state index is -0.317. The molecule has 0 aliphatic carbocycles. The minimum Gasteiger partial charge on any atom is -0.364 e. The van der Waals surface area contributed by atoms with Gasteiger partial charge in [0.25, 0.3) is 5.91 Å². The Morgan fingerprint density at radius 1 is 0.829 bits per heavy atom. The molecule has 3 N–H and O–H groups in total. The fourth-order valence-electron chi connectivity index (χ4n) is 5.03. The van der Waals surface area contributed by atoms with Crippen LogP contribution < -0.4 is 15.5 Å². The summed E-state index contributed by atoms with van der Waals surface area (Å²) < 4.78 is 0. The van der Waals surface area contributed by atoms with E-state index in [0.29, 0.717) is 43.1 Å². The van der Waals surface area contributed by atoms with Crippen molar-refractivity contribution < 1.29 is 9.59 Å². The van der Waals surface area contributed by atoms with Crippen LogP contribution in [0.3, 0.4) is 0 Å². The summed E-state index contributed by atoms with van der Waals surface area (Å²) in [6.45, 7) is 2.25. The Balaban J connectivity index is 0.00000194. The lowest BCUT2D eigenvalue weighted by atomic mass is 10.0. The molecule has 2 heterocycles. The molecule has 0 radical (unpaired) electrons. The first kappa shape index (κ1) is 29.5. The van der Waals surface area contributed by atoms with Gasteiger partial charge in [0.1, 0.15) is 0 Å². The summed E-state index contributed by atoms with van der Waals surface area (Å²) in [4.78, 5) is 37.9. The highest BCUT2D eigenvalue weighted by Gasteiger charge is 2.25. The molecule has 0 saturated heterocycles. The molecule has 3 amide bonds. The molecule has 210 valence electrons. The number of imidazole rings is 1. The Morgan fingerprint density at radius 3 is 2.39 bits per heavy atom. The van der Waals surface area contributed by atoms with Gasteiger partial charge in [-0.3, -0.25) is 4.79 Å². The van der Waals surface area contributed by atoms with E-state index >= 15 is 0 Å². The Labute approximate surface area is 250 Å². The van der Waals surface area contributed by atoms with Gasteiger partial charge in [0, 0.05) is 48.5 Å². The Bertz CT molecular complexity index is 1620. The summed E-state index contributed by atoms with van der Waals surface area (Å²) in [7, 11) is 0. The number of halogens is 2. The summed E-state index contributed by atoms with van der Waals surface area (Å²) in [6.07, 6.45) is 3.47. The summed E-state index contributed by atoms with van der Waals surface area (Å²) in [5.41, 5.74) is 5.03. The number of hydrogen-bond donors (Lipinski definition) is 3. The van der Waals surface area contributed by atoms with Crippen LogP contribution >= 0.6 is 24.8 Å². The maximum absolute atomic E-state index is 13.8. The molecule has 0 unspecified atom stereocenters. The lowest BCUT2D eigenvalue weighted by molar-refractivity contribution is 0.0753. The Kier molecular flexibility index (Phi) is 9.49. The lowest BCUT2D eigenvalue weighted by Crippen LogP contribution is -2.35. The highest BCUT2D eigenvalue weighted by Crippen LogP contribution is 2.31. The van der Waals surface area contributed by atoms with Crippen molar-refractivity contribution in [2.75, 3.05) is 28.6 Å². The number of aromatic nitrogens is 2. The number of aromatic amines is 1. The molecular formula is C31H30Cl2N6O2. The lowest BCUT2D eigenvalue weighted by Gasteiger charge is -2.25. The zero-order valence-corrected chi connectivity index (χ0v) is 23.8. The molecule has 41 heavy (non-hydrogen) atoms. The molecule has 0 spiro atoms. The number of hydrogen-bond acceptors (Lipinski definition) is 4. The van der Waals surface area contributed by atoms with Gasteiger partial charge in [0.05, 0.1) is 18.6 Å². The van der Waals surface area contributed by atoms with E-state index in [-0.39, 0.29) is 36.8 Å². The van der Waals surface area contributed by atoms with Crippen LogP contribution in [-0.4, -0.2) is 39.9 Å². The second-order valence-electron chi connectivity index (χ2n) is 9.54. The van der Waals surface area contributed by atoms with Gasteiger partial charge in [0.2, 0.25) is 0 Å². The number of para-hydroxylation sites is 1. The standard InChI is InChI=1S/C31H28N6O2.2ClH/c38-30(28-12-6-8-22-7-4-5-11-27(22)28)37-16-15-36(20-26-18-32-21-33-26)29-17-25(14-13-23(29)19-37)35-31(39)34-24-9-2-1-3-10-24;;/h1-14,17-18,21H,15-16,19-20H2,(H,32,33)(H2,34,35,39);2*1H. The molecule has 10 heteroatoms. The highest BCUT2D eigenvalue weighted by atomic mass is 35.5. The number of H-pyrrole nitrogens is 1. The molecule has 5 aromatic rings. The van der Waals surface area contributed by atoms with Gasteiger partial charge >= 0.3 is 6.03 Å². The Morgan fingerprint density at radius 2 is 1.59 bits per heavy atom. The van der Waals surface area contributed by atoms with Gasteiger partial charge in [-0.25, -0.2) is 9.78 Å². The molecule has 1 aliphatic rings. The highest BCUT2D eigenvalue weighted by molar-refractivity contribution is 6.07. The van der Waals surface area contributed by atoms with Crippen molar-refractivity contribution >= 4 is 64.6 Å². The maximum atomic E-state index is 13.8. The number of nitrogens with zero attached hydrogens (tertiary/aromatic N) is 3. The van der Waals surface area contributed by atoms with E-state index in [4.69, 9.17) is 0 Å². The number of amides is 3. The van der Waals surface area contributed by atoms with Crippen molar-refractivity contribution in [3.63, 3.8) is 0 Å². The van der Waals surface area contributed by atoms with E-state index in [0.717, 1.165) is 27.7 Å². The zero-order chi connectivity index (χ0) is 26.6. The van der Waals surface area contributed by atoms with Crippen LogP contribution in [0.5, 0.6) is 0 Å². The van der Waals surface area contributed by atoms with E-state index in [1.165, 1.54) is 0 Å². The number of anilines is 3. The first-order valence-corrected chi connectivity index (χ1v) is 12.9. The van der Waals surface area contributed by atoms with Gasteiger partial charge in [-0.2, -0.15) is 0 Å². The average Bonchev–Trinajstić information content (AvgIpc) is 3.41. The SMILES string of the molecule is Cl.Cl.O=C(Nc1ccccc1)Nc1ccc2c(c1)N(Cc1cnc[nH]1)CCN(C(=O)c1cccc3ccccc13)C2. The van der Waals surface area contributed by atoms with Crippen LogP contribution in [0.25, 0.3) is 10.8 Å². The first-order chi connectivity index (χ1) is 19.1. The number of nitrogens with one attached hydrogen (secondary N) is 3. The number of carbonyl (C=O) groups excluding carboxylic acids is 2. The molecule has 0 saturated carbocycles. The third-order valence-electron chi connectivity index (χ3n) is 6.94. The second-order valence-corrected chi connectivity index (χ2v) is 9.54. The average molecular weight is 590 g/mol. The summed E-state index contributed by atoms with van der Waals surface area (Å²) in [5.74, 6) is 0.00517. The molecule has 0 fully saturated rings. The monoisotopic (exact) mass is 588 g/mol. The fraction of sp³-hybridized carbons (Fsp3) is 0.129. The van der Waals surface area contributed by atoms with Crippen molar-refractivity contribution in [3.8, 4) is 0 Å². The first-order valence-electron chi connectivity index (χ1n) is 12.9. The van der Waals surface area contributed by atoms with Gasteiger partial charge in [0.15, 0.2) is 0 Å². The fourth-order valence-corrected chi connectivity index (χ4v) is 5.03. The molecular weight excluding hydrogens is 559 g/mol. The van der Waals surface area contributed by atoms with E-state index in [2.05, 4.69) is 25.5 Å². The molecule has 8 nitrogen and oxygen atoms in total. The van der Waals surface area contributed by atoms with Crippen molar-refractivity contribution in [2.45, 2.75) is 13.1 Å². The summed E-state index contributed by atoms with van der Waals surface area (Å²) in [5, 5.41) is 7.80. The number of fused-ring (bicyclic) bond motifs is 2. The molecule has 4 aromatic carbocycles. The second kappa shape index (κ2) is 13.2. The van der Waals surface area contributed by atoms with Crippen LogP contribution in [-0.2, 0) is 13.1 Å². The number of rotatable bonds is 5. The molecule has 6 rings (SSSR count). The van der Waals surface area contributed by atoms with Crippen LogP contribution in [0, 0.1) is 0 Å². The molecule has 0 bridgehead atoms. The van der Waals surface area contributed by atoms with Crippen LogP contribution in [0.1, 0.15) is 21.6 Å². The van der Waals surface area contributed by atoms with Crippen LogP contribution in [0.4, 0.5) is 21.9 Å². The smallest absolute Gasteiger partial charge is 0.323 e. The normalized spacial score (nSPS) is 12.4. The summed E-state index contributed by atoms with van der Waals surface area (Å²) >= 11 is 0. The van der Waals surface area contributed by atoms with Crippen molar-refractivity contribution in [1.82, 2.24) is 14.9 Å². The van der Waals surface area contributed by atoms with Crippen molar-refractivity contribution in [3.05, 3.63) is 120 Å². The molecule has 1 aromatic heterocycles. The maximum Gasteiger partial charge on any atom is 0.323 e. The molecule has 0 atom stereocenters. The number of benzene rings is 4. The van der Waals surface area contributed by atoms with Gasteiger partial charge in [-0.15, -0.1) is 24.8 Å². The summed E-state index contributed by atoms with van der Waals surface area (Å²) in [6, 6.07) is 28.7. The predicted octanol–water partition coefficient (Wildman–Crippen LogP) is 6.71. The minimum absolute atomic E-state index is 0. The third kappa shape index (κ3) is 6.62.